The third-order valence-corrected chi connectivity index (χ3v) is 1.46. The van der Waals surface area contributed by atoms with E-state index in [2.05, 4.69) is 11.6 Å². The highest BCUT2D eigenvalue weighted by atomic mass is 35.5. The van der Waals surface area contributed by atoms with Gasteiger partial charge in [-0.3, -0.25) is 0 Å². The number of aromatic nitrogens is 1. The van der Waals surface area contributed by atoms with Crippen LogP contribution in [0.1, 0.15) is 5.69 Å². The van der Waals surface area contributed by atoms with E-state index in [0.29, 0.717) is 5.88 Å². The Morgan fingerprint density at radius 1 is 1.78 bits per heavy atom. The predicted molar refractivity (Wildman–Crippen MR) is 40.5 cm³/mol. The van der Waals surface area contributed by atoms with Crippen molar-refractivity contribution < 1.29 is 0 Å². The van der Waals surface area contributed by atoms with Crippen LogP contribution < -0.4 is 0 Å². The first kappa shape index (κ1) is 6.43. The number of alkyl halides is 1. The minimum atomic E-state index is 0.487. The lowest BCUT2D eigenvalue weighted by Crippen LogP contribution is -1.81. The van der Waals surface area contributed by atoms with Gasteiger partial charge in [0.05, 0.1) is 0 Å². The van der Waals surface area contributed by atoms with E-state index < -0.39 is 0 Å². The van der Waals surface area contributed by atoms with Crippen LogP contribution in [0.5, 0.6) is 0 Å². The van der Waals surface area contributed by atoms with Crippen LogP contribution >= 0.6 is 11.6 Å². The van der Waals surface area contributed by atoms with Gasteiger partial charge in [0.1, 0.15) is 0 Å². The molecule has 1 aromatic heterocycles. The SMILES string of the molecule is C=C(CCl)c1ccc[nH]1. The average Bonchev–Trinajstić information content (AvgIpc) is 2.37. The summed E-state index contributed by atoms with van der Waals surface area (Å²) in [7, 11) is 0. The molecule has 1 heterocycles. The Morgan fingerprint density at radius 3 is 3.00 bits per heavy atom. The van der Waals surface area contributed by atoms with Crippen LogP contribution in [0.3, 0.4) is 0 Å². The Balaban J connectivity index is 2.77. The molecule has 0 unspecified atom stereocenters. The third kappa shape index (κ3) is 1.36. The van der Waals surface area contributed by atoms with Crippen molar-refractivity contribution >= 4 is 17.2 Å². The van der Waals surface area contributed by atoms with Crippen molar-refractivity contribution in [2.24, 2.45) is 0 Å². The fourth-order valence-corrected chi connectivity index (χ4v) is 0.766. The Hall–Kier alpha value is -0.690. The van der Waals surface area contributed by atoms with Crippen LogP contribution in [0.25, 0.3) is 5.57 Å². The monoisotopic (exact) mass is 141 g/mol. The van der Waals surface area contributed by atoms with Crippen LogP contribution in [0, 0.1) is 0 Å². The van der Waals surface area contributed by atoms with Crippen molar-refractivity contribution in [2.75, 3.05) is 5.88 Å². The lowest BCUT2D eigenvalue weighted by atomic mass is 10.2. The van der Waals surface area contributed by atoms with E-state index in [9.17, 15) is 0 Å². The molecule has 0 spiro atoms. The highest BCUT2D eigenvalue weighted by molar-refractivity contribution is 6.22. The molecule has 2 heteroatoms. The van der Waals surface area contributed by atoms with Gasteiger partial charge in [0.25, 0.3) is 0 Å². The average molecular weight is 142 g/mol. The van der Waals surface area contributed by atoms with Crippen LogP contribution in [0.4, 0.5) is 0 Å². The van der Waals surface area contributed by atoms with Gasteiger partial charge in [-0.1, -0.05) is 6.58 Å². The highest BCUT2D eigenvalue weighted by Gasteiger charge is 1.94. The second-order valence-electron chi connectivity index (χ2n) is 1.82. The number of hydrogen-bond donors (Lipinski definition) is 1. The van der Waals surface area contributed by atoms with E-state index in [1.54, 1.807) is 0 Å². The number of allylic oxidation sites excluding steroid dienone is 1. The van der Waals surface area contributed by atoms with Crippen molar-refractivity contribution in [1.82, 2.24) is 4.98 Å². The van der Waals surface area contributed by atoms with Gasteiger partial charge >= 0.3 is 0 Å². The number of aromatic amines is 1. The minimum absolute atomic E-state index is 0.487. The van der Waals surface area contributed by atoms with E-state index in [-0.39, 0.29) is 0 Å². The molecular formula is C7H8ClN. The molecule has 0 aliphatic carbocycles. The molecule has 0 atom stereocenters. The summed E-state index contributed by atoms with van der Waals surface area (Å²) in [6.45, 7) is 3.75. The number of H-pyrrole nitrogens is 1. The van der Waals surface area contributed by atoms with Gasteiger partial charge in [-0.05, 0) is 17.7 Å². The fourth-order valence-electron chi connectivity index (χ4n) is 0.622. The van der Waals surface area contributed by atoms with Gasteiger partial charge in [-0.15, -0.1) is 11.6 Å². The summed E-state index contributed by atoms with van der Waals surface area (Å²) in [5.41, 5.74) is 1.95. The van der Waals surface area contributed by atoms with Gasteiger partial charge in [0.2, 0.25) is 0 Å². The van der Waals surface area contributed by atoms with Crippen LogP contribution in [0.15, 0.2) is 24.9 Å². The van der Waals surface area contributed by atoms with Crippen molar-refractivity contribution in [2.45, 2.75) is 0 Å². The number of rotatable bonds is 2. The molecule has 1 nitrogen and oxygen atoms in total. The van der Waals surface area contributed by atoms with Crippen molar-refractivity contribution in [3.63, 3.8) is 0 Å². The Kier molecular flexibility index (Phi) is 1.96. The summed E-state index contributed by atoms with van der Waals surface area (Å²) < 4.78 is 0. The summed E-state index contributed by atoms with van der Waals surface area (Å²) >= 11 is 5.52. The molecule has 0 aliphatic rings. The second-order valence-corrected chi connectivity index (χ2v) is 2.09. The van der Waals surface area contributed by atoms with Crippen molar-refractivity contribution in [3.8, 4) is 0 Å². The molecule has 48 valence electrons. The zero-order chi connectivity index (χ0) is 6.69. The number of hydrogen-bond acceptors (Lipinski definition) is 0. The van der Waals surface area contributed by atoms with Crippen LogP contribution in [-0.4, -0.2) is 10.9 Å². The molecule has 0 fully saturated rings. The summed E-state index contributed by atoms with van der Waals surface area (Å²) in [6.07, 6.45) is 1.85. The van der Waals surface area contributed by atoms with E-state index >= 15 is 0 Å². The lowest BCUT2D eigenvalue weighted by molar-refractivity contribution is 1.35. The van der Waals surface area contributed by atoms with E-state index in [1.165, 1.54) is 0 Å². The Labute approximate surface area is 59.3 Å². The predicted octanol–water partition coefficient (Wildman–Crippen LogP) is 2.27. The molecule has 0 amide bonds. The normalized spacial score (nSPS) is 9.44. The Bertz CT molecular complexity index is 189. The second kappa shape index (κ2) is 2.74. The first-order valence-electron chi connectivity index (χ1n) is 2.72. The van der Waals surface area contributed by atoms with E-state index in [0.717, 1.165) is 11.3 Å². The molecule has 9 heavy (non-hydrogen) atoms. The van der Waals surface area contributed by atoms with Gasteiger partial charge in [0.15, 0.2) is 0 Å². The molecule has 0 bridgehead atoms. The molecule has 1 N–H and O–H groups in total. The molecule has 0 saturated carbocycles. The van der Waals surface area contributed by atoms with Crippen LogP contribution in [-0.2, 0) is 0 Å². The largest absolute Gasteiger partial charge is 0.361 e. The summed E-state index contributed by atoms with van der Waals surface area (Å²) in [4.78, 5) is 3.00. The summed E-state index contributed by atoms with van der Waals surface area (Å²) in [6, 6.07) is 3.87. The standard InChI is InChI=1S/C7H8ClN/c1-6(5-8)7-3-2-4-9-7/h2-4,9H,1,5H2. The highest BCUT2D eigenvalue weighted by Crippen LogP contribution is 2.09. The van der Waals surface area contributed by atoms with E-state index in [1.807, 2.05) is 18.3 Å². The molecule has 0 aliphatic heterocycles. The third-order valence-electron chi connectivity index (χ3n) is 1.14. The maximum atomic E-state index is 5.52. The van der Waals surface area contributed by atoms with Crippen molar-refractivity contribution in [3.05, 3.63) is 30.6 Å². The first-order chi connectivity index (χ1) is 4.34. The summed E-state index contributed by atoms with van der Waals surface area (Å²) in [5, 5.41) is 0. The van der Waals surface area contributed by atoms with E-state index in [4.69, 9.17) is 11.6 Å². The molecule has 0 saturated heterocycles. The maximum Gasteiger partial charge on any atom is 0.0488 e. The molecular weight excluding hydrogens is 134 g/mol. The zero-order valence-corrected chi connectivity index (χ0v) is 5.78. The van der Waals surface area contributed by atoms with Gasteiger partial charge in [-0.25, -0.2) is 0 Å². The molecule has 1 rings (SSSR count). The smallest absolute Gasteiger partial charge is 0.0488 e. The quantitative estimate of drug-likeness (QED) is 0.609. The van der Waals surface area contributed by atoms with Gasteiger partial charge in [-0.2, -0.15) is 0 Å². The summed E-state index contributed by atoms with van der Waals surface area (Å²) in [5.74, 6) is 0.487. The van der Waals surface area contributed by atoms with Gasteiger partial charge < -0.3 is 4.98 Å². The molecule has 0 aromatic carbocycles. The number of halogens is 1. The molecule has 0 radical (unpaired) electrons. The zero-order valence-electron chi connectivity index (χ0n) is 5.02. The Morgan fingerprint density at radius 2 is 2.56 bits per heavy atom. The van der Waals surface area contributed by atoms with Gasteiger partial charge in [0, 0.05) is 17.8 Å². The first-order valence-corrected chi connectivity index (χ1v) is 3.25. The lowest BCUT2D eigenvalue weighted by Gasteiger charge is -1.93. The maximum absolute atomic E-state index is 5.52. The van der Waals surface area contributed by atoms with Crippen LogP contribution in [0.2, 0.25) is 0 Å². The minimum Gasteiger partial charge on any atom is -0.361 e. The topological polar surface area (TPSA) is 15.8 Å². The number of nitrogens with one attached hydrogen (secondary N) is 1. The van der Waals surface area contributed by atoms with Crippen molar-refractivity contribution in [1.29, 1.82) is 0 Å². The fraction of sp³-hybridized carbons (Fsp3) is 0.143. The molecule has 1 aromatic rings.